The molecule has 0 unspecified atom stereocenters. The van der Waals surface area contributed by atoms with Crippen LogP contribution in [0.3, 0.4) is 0 Å². The van der Waals surface area contributed by atoms with Gasteiger partial charge in [0.15, 0.2) is 0 Å². The Bertz CT molecular complexity index is 1320. The molecular formula is C25H23ClN4O4. The average molecular weight is 479 g/mol. The molecule has 0 bridgehead atoms. The second kappa shape index (κ2) is 10.4. The predicted octanol–water partition coefficient (Wildman–Crippen LogP) is 5.71. The van der Waals surface area contributed by atoms with E-state index in [1.165, 1.54) is 0 Å². The number of ether oxygens (including phenoxy) is 1. The molecule has 2 aromatic heterocycles. The lowest BCUT2D eigenvalue weighted by molar-refractivity contribution is -0.136. The molecule has 4 aromatic rings. The molecule has 0 fully saturated rings. The van der Waals surface area contributed by atoms with E-state index < -0.39 is 5.97 Å². The second-order valence-electron chi connectivity index (χ2n) is 7.51. The molecular weight excluding hydrogens is 456 g/mol. The van der Waals surface area contributed by atoms with Crippen LogP contribution in [0.15, 0.2) is 59.3 Å². The summed E-state index contributed by atoms with van der Waals surface area (Å²) in [6.45, 7) is 4.74. The number of carbonyl (C=O) groups is 1. The predicted molar refractivity (Wildman–Crippen MR) is 130 cm³/mol. The van der Waals surface area contributed by atoms with Gasteiger partial charge in [-0.05, 0) is 49.2 Å². The first-order valence-corrected chi connectivity index (χ1v) is 11.1. The van der Waals surface area contributed by atoms with Crippen molar-refractivity contribution in [3.05, 3.63) is 65.3 Å². The van der Waals surface area contributed by atoms with Gasteiger partial charge in [-0.3, -0.25) is 4.79 Å². The highest BCUT2D eigenvalue weighted by Gasteiger charge is 2.16. The van der Waals surface area contributed by atoms with Gasteiger partial charge in [-0.2, -0.15) is 4.98 Å². The number of anilines is 1. The van der Waals surface area contributed by atoms with Crippen LogP contribution in [-0.2, 0) is 4.79 Å². The van der Waals surface area contributed by atoms with Gasteiger partial charge in [0.1, 0.15) is 11.6 Å². The number of nitrogens with one attached hydrogen (secondary N) is 1. The van der Waals surface area contributed by atoms with E-state index in [1.807, 2.05) is 37.3 Å². The molecule has 9 heteroatoms. The van der Waals surface area contributed by atoms with Crippen LogP contribution in [0.5, 0.6) is 5.75 Å². The molecule has 0 spiro atoms. The van der Waals surface area contributed by atoms with E-state index in [2.05, 4.69) is 39.5 Å². The van der Waals surface area contributed by atoms with Crippen molar-refractivity contribution in [3.8, 4) is 39.7 Å². The summed E-state index contributed by atoms with van der Waals surface area (Å²) < 4.78 is 11.4. The Hall–Kier alpha value is -3.91. The molecule has 4 rings (SSSR count). The molecule has 0 aliphatic rings. The molecule has 0 radical (unpaired) electrons. The number of carboxylic acid groups (broad SMARTS) is 1. The zero-order valence-electron chi connectivity index (χ0n) is 18.7. The van der Waals surface area contributed by atoms with Crippen LogP contribution < -0.4 is 10.1 Å². The normalized spacial score (nSPS) is 10.8. The van der Waals surface area contributed by atoms with E-state index in [4.69, 9.17) is 26.0 Å². The fraction of sp³-hybridized carbons (Fsp3) is 0.200. The standard InChI is InChI=1S/C25H23ClN4O4/c1-3-33-21-13-16(8-9-19(21)18-7-5-4-6-15(18)2)25-29-23(30-34-25)17-12-20(26)24(28-14-17)27-11-10-22(31)32/h4-9,12-14H,3,10-11H2,1-2H3,(H,27,28)(H,31,32). The van der Waals surface area contributed by atoms with Crippen LogP contribution >= 0.6 is 11.6 Å². The first-order chi connectivity index (χ1) is 16.5. The summed E-state index contributed by atoms with van der Waals surface area (Å²) in [4.78, 5) is 19.4. The number of carboxylic acids is 1. The largest absolute Gasteiger partial charge is 0.493 e. The molecule has 2 aromatic carbocycles. The third-order valence-corrected chi connectivity index (χ3v) is 5.41. The quantitative estimate of drug-likeness (QED) is 0.314. The second-order valence-corrected chi connectivity index (χ2v) is 7.91. The van der Waals surface area contributed by atoms with Crippen molar-refractivity contribution in [2.75, 3.05) is 18.5 Å². The van der Waals surface area contributed by atoms with Gasteiger partial charge in [0.05, 0.1) is 18.1 Å². The molecule has 0 amide bonds. The number of pyridine rings is 1. The number of rotatable bonds is 9. The van der Waals surface area contributed by atoms with E-state index in [9.17, 15) is 4.79 Å². The maximum absolute atomic E-state index is 10.7. The summed E-state index contributed by atoms with van der Waals surface area (Å²) in [5.41, 5.74) is 4.55. The molecule has 2 N–H and O–H groups in total. The maximum atomic E-state index is 10.7. The molecule has 174 valence electrons. The topological polar surface area (TPSA) is 110 Å². The number of benzene rings is 2. The van der Waals surface area contributed by atoms with Gasteiger partial charge in [-0.25, -0.2) is 4.98 Å². The number of hydrogen-bond acceptors (Lipinski definition) is 7. The van der Waals surface area contributed by atoms with Gasteiger partial charge >= 0.3 is 5.97 Å². The van der Waals surface area contributed by atoms with Crippen molar-refractivity contribution < 1.29 is 19.2 Å². The third-order valence-electron chi connectivity index (χ3n) is 5.12. The van der Waals surface area contributed by atoms with Gasteiger partial charge in [-0.15, -0.1) is 0 Å². The van der Waals surface area contributed by atoms with E-state index in [1.54, 1.807) is 12.3 Å². The smallest absolute Gasteiger partial charge is 0.305 e. The summed E-state index contributed by atoms with van der Waals surface area (Å²) >= 11 is 6.29. The van der Waals surface area contributed by atoms with Gasteiger partial charge < -0.3 is 19.7 Å². The van der Waals surface area contributed by atoms with Gasteiger partial charge in [0.25, 0.3) is 5.89 Å². The SMILES string of the molecule is CCOc1cc(-c2nc(-c3cnc(NCCC(=O)O)c(Cl)c3)no2)ccc1-c1ccccc1C. The van der Waals surface area contributed by atoms with Crippen LogP contribution in [0.1, 0.15) is 18.9 Å². The highest BCUT2D eigenvalue weighted by atomic mass is 35.5. The van der Waals surface area contributed by atoms with Gasteiger partial charge in [-0.1, -0.05) is 41.0 Å². The Labute approximate surface area is 201 Å². The first-order valence-electron chi connectivity index (χ1n) is 10.7. The summed E-state index contributed by atoms with van der Waals surface area (Å²) in [6, 6.07) is 15.6. The van der Waals surface area contributed by atoms with Crippen LogP contribution in [-0.4, -0.2) is 39.4 Å². The summed E-state index contributed by atoms with van der Waals surface area (Å²) in [6.07, 6.45) is 1.51. The minimum Gasteiger partial charge on any atom is -0.493 e. The van der Waals surface area contributed by atoms with Crippen LogP contribution in [0.2, 0.25) is 5.02 Å². The first kappa shape index (κ1) is 23.3. The highest BCUT2D eigenvalue weighted by Crippen LogP contribution is 2.36. The molecule has 34 heavy (non-hydrogen) atoms. The van der Waals surface area contributed by atoms with Crippen molar-refractivity contribution in [2.24, 2.45) is 0 Å². The van der Waals surface area contributed by atoms with Crippen LogP contribution in [0.25, 0.3) is 34.0 Å². The molecule has 0 aliphatic carbocycles. The summed E-state index contributed by atoms with van der Waals surface area (Å²) in [5.74, 6) is 0.896. The number of aromatic nitrogens is 3. The lowest BCUT2D eigenvalue weighted by Gasteiger charge is -2.13. The molecule has 0 aliphatic heterocycles. The van der Waals surface area contributed by atoms with E-state index in [-0.39, 0.29) is 13.0 Å². The fourth-order valence-corrected chi connectivity index (χ4v) is 3.70. The number of aliphatic carboxylic acids is 1. The number of aryl methyl sites for hydroxylation is 1. The molecule has 2 heterocycles. The van der Waals surface area contributed by atoms with E-state index in [0.717, 1.165) is 28.0 Å². The zero-order chi connectivity index (χ0) is 24.1. The van der Waals surface area contributed by atoms with E-state index >= 15 is 0 Å². The monoisotopic (exact) mass is 478 g/mol. The molecule has 0 atom stereocenters. The Morgan fingerprint density at radius 1 is 1.15 bits per heavy atom. The number of hydrogen-bond donors (Lipinski definition) is 2. The fourth-order valence-electron chi connectivity index (χ4n) is 3.46. The molecule has 0 saturated heterocycles. The Balaban J connectivity index is 1.59. The zero-order valence-corrected chi connectivity index (χ0v) is 19.5. The minimum absolute atomic E-state index is 0.0413. The summed E-state index contributed by atoms with van der Waals surface area (Å²) in [7, 11) is 0. The van der Waals surface area contributed by atoms with Crippen molar-refractivity contribution in [2.45, 2.75) is 20.3 Å². The Morgan fingerprint density at radius 3 is 2.71 bits per heavy atom. The molecule has 8 nitrogen and oxygen atoms in total. The highest BCUT2D eigenvalue weighted by molar-refractivity contribution is 6.33. The van der Waals surface area contributed by atoms with Crippen molar-refractivity contribution in [3.63, 3.8) is 0 Å². The lowest BCUT2D eigenvalue weighted by Crippen LogP contribution is -2.08. The summed E-state index contributed by atoms with van der Waals surface area (Å²) in [5, 5.41) is 16.0. The van der Waals surface area contributed by atoms with Crippen LogP contribution in [0.4, 0.5) is 5.82 Å². The van der Waals surface area contributed by atoms with Crippen LogP contribution in [0, 0.1) is 6.92 Å². The number of halogens is 1. The number of nitrogens with zero attached hydrogens (tertiary/aromatic N) is 3. The van der Waals surface area contributed by atoms with Gasteiger partial charge in [0.2, 0.25) is 5.82 Å². The Morgan fingerprint density at radius 2 is 1.97 bits per heavy atom. The van der Waals surface area contributed by atoms with Crippen molar-refractivity contribution in [1.29, 1.82) is 0 Å². The third kappa shape index (κ3) is 5.18. The van der Waals surface area contributed by atoms with Gasteiger partial charge in [0, 0.05) is 29.4 Å². The maximum Gasteiger partial charge on any atom is 0.305 e. The minimum atomic E-state index is -0.904. The Kier molecular flexibility index (Phi) is 7.08. The lowest BCUT2D eigenvalue weighted by atomic mass is 9.98. The molecule has 0 saturated carbocycles. The van der Waals surface area contributed by atoms with Crippen molar-refractivity contribution in [1.82, 2.24) is 15.1 Å². The average Bonchev–Trinajstić information content (AvgIpc) is 3.31. The van der Waals surface area contributed by atoms with E-state index in [0.29, 0.717) is 34.7 Å². The van der Waals surface area contributed by atoms with Crippen molar-refractivity contribution >= 4 is 23.4 Å².